The van der Waals surface area contributed by atoms with Crippen LogP contribution in [0.3, 0.4) is 0 Å². The van der Waals surface area contributed by atoms with Crippen LogP contribution in [0.4, 0.5) is 10.1 Å². The number of nitrogens with two attached hydrogens (primary N) is 1. The minimum absolute atomic E-state index is 0.264. The van der Waals surface area contributed by atoms with Crippen LogP contribution in [0.25, 0.3) is 11.3 Å². The highest BCUT2D eigenvalue weighted by molar-refractivity contribution is 5.64. The summed E-state index contributed by atoms with van der Waals surface area (Å²) >= 11 is 0. The van der Waals surface area contributed by atoms with Gasteiger partial charge in [0.15, 0.2) is 0 Å². The molecule has 0 unspecified atom stereocenters. The van der Waals surface area contributed by atoms with Crippen LogP contribution in [-0.4, -0.2) is 17.3 Å². The number of aromatic nitrogens is 2. The van der Waals surface area contributed by atoms with Gasteiger partial charge in [-0.1, -0.05) is 12.1 Å². The van der Waals surface area contributed by atoms with E-state index >= 15 is 0 Å². The minimum atomic E-state index is -0.325. The van der Waals surface area contributed by atoms with Gasteiger partial charge >= 0.3 is 0 Å². The van der Waals surface area contributed by atoms with E-state index in [9.17, 15) is 4.39 Å². The number of hydrogen-bond acceptors (Lipinski definition) is 4. The average molecular weight is 219 g/mol. The number of benzene rings is 1. The molecule has 0 bridgehead atoms. The Morgan fingerprint density at radius 2 is 2.06 bits per heavy atom. The summed E-state index contributed by atoms with van der Waals surface area (Å²) in [4.78, 5) is 0. The Kier molecular flexibility index (Phi) is 2.68. The first kappa shape index (κ1) is 10.4. The molecule has 0 aliphatic heterocycles. The maximum atomic E-state index is 13.0. The summed E-state index contributed by atoms with van der Waals surface area (Å²) in [5.74, 6) is -0.0613. The Labute approximate surface area is 91.9 Å². The standard InChI is InChI=1S/C11H10FN3O/c1-16-11-9(13)6-10(14-15-11)7-3-2-4-8(12)5-7/h2-6H,1H3,(H2,13,14). The third kappa shape index (κ3) is 1.93. The van der Waals surface area contributed by atoms with E-state index < -0.39 is 0 Å². The number of nitrogens with zero attached hydrogens (tertiary/aromatic N) is 2. The average Bonchev–Trinajstić information content (AvgIpc) is 2.29. The fourth-order valence-electron chi connectivity index (χ4n) is 1.34. The number of ether oxygens (including phenoxy) is 1. The molecule has 0 radical (unpaired) electrons. The SMILES string of the molecule is COc1nnc(-c2cccc(F)c2)cc1N. The molecule has 0 saturated heterocycles. The zero-order valence-electron chi connectivity index (χ0n) is 8.64. The van der Waals surface area contributed by atoms with Gasteiger partial charge in [-0.15, -0.1) is 10.2 Å². The molecule has 2 N–H and O–H groups in total. The normalized spacial score (nSPS) is 10.1. The molecule has 0 amide bonds. The van der Waals surface area contributed by atoms with Crippen molar-refractivity contribution in [2.24, 2.45) is 0 Å². The van der Waals surface area contributed by atoms with Crippen LogP contribution in [0.15, 0.2) is 30.3 Å². The highest BCUT2D eigenvalue weighted by Gasteiger charge is 2.06. The summed E-state index contributed by atoms with van der Waals surface area (Å²) in [6, 6.07) is 7.67. The lowest BCUT2D eigenvalue weighted by atomic mass is 10.1. The van der Waals surface area contributed by atoms with Gasteiger partial charge in [-0.2, -0.15) is 0 Å². The first-order valence-corrected chi connectivity index (χ1v) is 4.64. The molecule has 5 heteroatoms. The zero-order valence-corrected chi connectivity index (χ0v) is 8.64. The predicted molar refractivity (Wildman–Crippen MR) is 58.4 cm³/mol. The molecule has 16 heavy (non-hydrogen) atoms. The van der Waals surface area contributed by atoms with Crippen LogP contribution in [0, 0.1) is 5.82 Å². The van der Waals surface area contributed by atoms with Crippen molar-refractivity contribution in [2.75, 3.05) is 12.8 Å². The largest absolute Gasteiger partial charge is 0.478 e. The molecule has 0 atom stereocenters. The number of anilines is 1. The summed E-state index contributed by atoms with van der Waals surface area (Å²) in [5, 5.41) is 7.68. The van der Waals surface area contributed by atoms with Gasteiger partial charge in [-0.25, -0.2) is 4.39 Å². The van der Waals surface area contributed by atoms with E-state index in [4.69, 9.17) is 10.5 Å². The van der Waals surface area contributed by atoms with Gasteiger partial charge in [0.1, 0.15) is 5.82 Å². The van der Waals surface area contributed by atoms with E-state index in [0.29, 0.717) is 16.9 Å². The Morgan fingerprint density at radius 1 is 1.25 bits per heavy atom. The lowest BCUT2D eigenvalue weighted by Crippen LogP contribution is -1.98. The fourth-order valence-corrected chi connectivity index (χ4v) is 1.34. The van der Waals surface area contributed by atoms with Crippen molar-refractivity contribution >= 4 is 5.69 Å². The molecule has 2 aromatic rings. The van der Waals surface area contributed by atoms with Crippen molar-refractivity contribution in [3.05, 3.63) is 36.1 Å². The Hall–Kier alpha value is -2.17. The molecule has 0 aliphatic rings. The molecule has 0 spiro atoms. The highest BCUT2D eigenvalue weighted by atomic mass is 19.1. The van der Waals surface area contributed by atoms with Crippen LogP contribution in [0.5, 0.6) is 5.88 Å². The van der Waals surface area contributed by atoms with Crippen molar-refractivity contribution < 1.29 is 9.13 Å². The Bertz CT molecular complexity index is 516. The zero-order chi connectivity index (χ0) is 11.5. The van der Waals surface area contributed by atoms with Crippen molar-refractivity contribution in [3.8, 4) is 17.1 Å². The smallest absolute Gasteiger partial charge is 0.256 e. The fraction of sp³-hybridized carbons (Fsp3) is 0.0909. The predicted octanol–water partition coefficient (Wildman–Crippen LogP) is 1.87. The molecule has 82 valence electrons. The van der Waals surface area contributed by atoms with Gasteiger partial charge in [-0.3, -0.25) is 0 Å². The van der Waals surface area contributed by atoms with E-state index in [1.807, 2.05) is 0 Å². The Balaban J connectivity index is 2.45. The summed E-state index contributed by atoms with van der Waals surface area (Å²) in [6.45, 7) is 0. The van der Waals surface area contributed by atoms with Crippen molar-refractivity contribution in [1.82, 2.24) is 10.2 Å². The van der Waals surface area contributed by atoms with Crippen LogP contribution < -0.4 is 10.5 Å². The number of hydrogen-bond donors (Lipinski definition) is 1. The monoisotopic (exact) mass is 219 g/mol. The van der Waals surface area contributed by atoms with E-state index in [-0.39, 0.29) is 11.7 Å². The molecule has 4 nitrogen and oxygen atoms in total. The van der Waals surface area contributed by atoms with Crippen LogP contribution in [0.2, 0.25) is 0 Å². The molecule has 0 fully saturated rings. The topological polar surface area (TPSA) is 61.0 Å². The second-order valence-electron chi connectivity index (χ2n) is 3.20. The lowest BCUT2D eigenvalue weighted by molar-refractivity contribution is 0.394. The van der Waals surface area contributed by atoms with Gasteiger partial charge in [0, 0.05) is 5.56 Å². The molecule has 1 aromatic heterocycles. The third-order valence-electron chi connectivity index (χ3n) is 2.10. The maximum absolute atomic E-state index is 13.0. The van der Waals surface area contributed by atoms with E-state index in [1.165, 1.54) is 19.2 Å². The third-order valence-corrected chi connectivity index (χ3v) is 2.10. The number of methoxy groups -OCH3 is 1. The van der Waals surface area contributed by atoms with E-state index in [1.54, 1.807) is 18.2 Å². The van der Waals surface area contributed by atoms with Crippen LogP contribution in [0.1, 0.15) is 0 Å². The molecular weight excluding hydrogens is 209 g/mol. The summed E-state index contributed by atoms with van der Waals surface area (Å²) in [7, 11) is 1.46. The second kappa shape index (κ2) is 4.14. The van der Waals surface area contributed by atoms with Gasteiger partial charge in [0.2, 0.25) is 0 Å². The number of rotatable bonds is 2. The van der Waals surface area contributed by atoms with Gasteiger partial charge < -0.3 is 10.5 Å². The van der Waals surface area contributed by atoms with Gasteiger partial charge in [0.25, 0.3) is 5.88 Å². The quantitative estimate of drug-likeness (QED) is 0.837. The number of nitrogen functional groups attached to an aromatic ring is 1. The van der Waals surface area contributed by atoms with Crippen molar-refractivity contribution in [2.45, 2.75) is 0 Å². The van der Waals surface area contributed by atoms with E-state index in [0.717, 1.165) is 0 Å². The minimum Gasteiger partial charge on any atom is -0.478 e. The van der Waals surface area contributed by atoms with Crippen LogP contribution in [-0.2, 0) is 0 Å². The van der Waals surface area contributed by atoms with E-state index in [2.05, 4.69) is 10.2 Å². The molecule has 0 saturated carbocycles. The summed E-state index contributed by atoms with van der Waals surface area (Å²) < 4.78 is 17.9. The second-order valence-corrected chi connectivity index (χ2v) is 3.20. The molecule has 0 aliphatic carbocycles. The van der Waals surface area contributed by atoms with Gasteiger partial charge in [0.05, 0.1) is 18.5 Å². The van der Waals surface area contributed by atoms with Crippen molar-refractivity contribution in [1.29, 1.82) is 0 Å². The molecule has 2 rings (SSSR count). The summed E-state index contributed by atoms with van der Waals surface area (Å²) in [6.07, 6.45) is 0. The lowest BCUT2D eigenvalue weighted by Gasteiger charge is -2.04. The number of halogens is 1. The first-order chi connectivity index (χ1) is 7.70. The Morgan fingerprint density at radius 3 is 2.69 bits per heavy atom. The molecular formula is C11H10FN3O. The maximum Gasteiger partial charge on any atom is 0.256 e. The van der Waals surface area contributed by atoms with Gasteiger partial charge in [-0.05, 0) is 18.2 Å². The first-order valence-electron chi connectivity index (χ1n) is 4.64. The highest BCUT2D eigenvalue weighted by Crippen LogP contribution is 2.23. The van der Waals surface area contributed by atoms with Crippen molar-refractivity contribution in [3.63, 3.8) is 0 Å². The molecule has 1 aromatic carbocycles. The van der Waals surface area contributed by atoms with Crippen LogP contribution >= 0.6 is 0 Å². The summed E-state index contributed by atoms with van der Waals surface area (Å²) in [5.41, 5.74) is 7.20. The molecule has 1 heterocycles.